The van der Waals surface area contributed by atoms with Crippen molar-refractivity contribution in [2.45, 2.75) is 144 Å². The van der Waals surface area contributed by atoms with E-state index in [4.69, 9.17) is 13.7 Å². The minimum absolute atomic E-state index is 0.124. The number of rotatable bonds is 15. The third-order valence-electron chi connectivity index (χ3n) is 9.22. The van der Waals surface area contributed by atoms with Crippen LogP contribution in [-0.4, -0.2) is 37.0 Å². The second-order valence-electron chi connectivity index (χ2n) is 12.2. The van der Waals surface area contributed by atoms with Crippen LogP contribution in [0.25, 0.3) is 0 Å². The molecule has 2 aliphatic rings. The summed E-state index contributed by atoms with van der Waals surface area (Å²) in [4.78, 5) is 22.3. The number of esters is 1. The van der Waals surface area contributed by atoms with Crippen molar-refractivity contribution >= 4 is 24.0 Å². The van der Waals surface area contributed by atoms with Gasteiger partial charge in [0.05, 0.1) is 24.8 Å². The Balaban J connectivity index is 0.000000612. The lowest BCUT2D eigenvalue weighted by atomic mass is 9.59. The van der Waals surface area contributed by atoms with Gasteiger partial charge in [-0.2, -0.15) is 0 Å². The van der Waals surface area contributed by atoms with Crippen molar-refractivity contribution in [2.24, 2.45) is 29.1 Å². The molecule has 224 valence electrons. The molecule has 0 heterocycles. The average molecular weight is 557 g/mol. The summed E-state index contributed by atoms with van der Waals surface area (Å²) in [5, 5.41) is 0. The quantitative estimate of drug-likeness (QED) is 0.114. The summed E-state index contributed by atoms with van der Waals surface area (Å²) in [5.41, 5.74) is 0.435. The lowest BCUT2D eigenvalue weighted by Crippen LogP contribution is -2.38. The van der Waals surface area contributed by atoms with Gasteiger partial charge >= 0.3 is 11.9 Å². The van der Waals surface area contributed by atoms with Gasteiger partial charge in [-0.3, -0.25) is 4.79 Å². The highest BCUT2D eigenvalue weighted by atomic mass is 32.2. The van der Waals surface area contributed by atoms with Crippen LogP contribution in [-0.2, 0) is 23.2 Å². The highest BCUT2D eigenvalue weighted by Crippen LogP contribution is 2.50. The monoisotopic (exact) mass is 556 g/mol. The van der Waals surface area contributed by atoms with Gasteiger partial charge in [-0.1, -0.05) is 67.7 Å². The zero-order valence-electron chi connectivity index (χ0n) is 25.9. The summed E-state index contributed by atoms with van der Waals surface area (Å²) >= 11 is 1.26. The Labute approximate surface area is 239 Å². The van der Waals surface area contributed by atoms with E-state index in [1.807, 2.05) is 0 Å². The Morgan fingerprint density at radius 2 is 1.42 bits per heavy atom. The van der Waals surface area contributed by atoms with Crippen LogP contribution >= 0.6 is 12.0 Å². The molecule has 2 rings (SSSR count). The van der Waals surface area contributed by atoms with E-state index in [2.05, 4.69) is 41.5 Å². The van der Waals surface area contributed by atoms with Gasteiger partial charge in [-0.05, 0) is 93.3 Å². The van der Waals surface area contributed by atoms with Gasteiger partial charge in [0.15, 0.2) is 0 Å². The standard InChI is InChI=1S/C25H46O3.C7H14O2S/c1-6-8-17-27-24(26)18-28-23-15-13-22(14-16-23)25(4,5)21-11-9-20(10-12-21)19(3)7-2;1-3-5-6-10-9-7(8)4-2/h19-23H,6-18H2,1-5H3;3-6H2,1-2H3. The van der Waals surface area contributed by atoms with Crippen molar-refractivity contribution in [3.05, 3.63) is 0 Å². The van der Waals surface area contributed by atoms with E-state index in [9.17, 15) is 9.59 Å². The molecule has 0 amide bonds. The molecular weight excluding hydrogens is 496 g/mol. The number of hydrogen-bond acceptors (Lipinski definition) is 6. The zero-order valence-corrected chi connectivity index (χ0v) is 26.7. The van der Waals surface area contributed by atoms with Crippen LogP contribution in [0.5, 0.6) is 0 Å². The van der Waals surface area contributed by atoms with Gasteiger partial charge in [0.1, 0.15) is 6.61 Å². The highest BCUT2D eigenvalue weighted by Gasteiger charge is 2.41. The van der Waals surface area contributed by atoms with Crippen molar-refractivity contribution in [3.8, 4) is 0 Å². The number of ether oxygens (including phenoxy) is 2. The van der Waals surface area contributed by atoms with Crippen molar-refractivity contribution in [2.75, 3.05) is 19.0 Å². The highest BCUT2D eigenvalue weighted by molar-refractivity contribution is 7.95. The zero-order chi connectivity index (χ0) is 28.4. The Bertz CT molecular complexity index is 621. The molecule has 5 nitrogen and oxygen atoms in total. The molecule has 0 radical (unpaired) electrons. The van der Waals surface area contributed by atoms with Crippen LogP contribution in [0.1, 0.15) is 138 Å². The van der Waals surface area contributed by atoms with Gasteiger partial charge < -0.3 is 13.7 Å². The first-order valence-corrected chi connectivity index (χ1v) is 16.7. The van der Waals surface area contributed by atoms with E-state index in [0.717, 1.165) is 67.9 Å². The van der Waals surface area contributed by atoms with Crippen molar-refractivity contribution in [3.63, 3.8) is 0 Å². The SMILES string of the molecule is CCCCOC(=O)COC1CCC(C(C)(C)C2CCC(C(C)CC)CC2)CC1.CCCCSOC(=O)CC. The number of carbonyl (C=O) groups excluding carboxylic acids is 2. The smallest absolute Gasteiger partial charge is 0.332 e. The first-order valence-electron chi connectivity index (χ1n) is 15.8. The molecule has 0 aliphatic heterocycles. The van der Waals surface area contributed by atoms with E-state index in [-0.39, 0.29) is 24.6 Å². The van der Waals surface area contributed by atoms with E-state index in [1.54, 1.807) is 6.92 Å². The number of unbranched alkanes of at least 4 members (excludes halogenated alkanes) is 2. The number of carbonyl (C=O) groups is 2. The van der Waals surface area contributed by atoms with Gasteiger partial charge in [-0.25, -0.2) is 4.79 Å². The second kappa shape index (κ2) is 20.2. The van der Waals surface area contributed by atoms with Crippen LogP contribution in [0.4, 0.5) is 0 Å². The van der Waals surface area contributed by atoms with Crippen LogP contribution < -0.4 is 0 Å². The molecule has 1 unspecified atom stereocenters. The molecule has 2 fully saturated rings. The van der Waals surface area contributed by atoms with E-state index < -0.39 is 0 Å². The molecular formula is C32H60O5S. The first kappa shape index (κ1) is 35.3. The fraction of sp³-hybridized carbons (Fsp3) is 0.938. The van der Waals surface area contributed by atoms with Gasteiger partial charge in [0.25, 0.3) is 0 Å². The fourth-order valence-electron chi connectivity index (χ4n) is 6.00. The Kier molecular flexibility index (Phi) is 18.7. The van der Waals surface area contributed by atoms with Crippen molar-refractivity contribution in [1.82, 2.24) is 0 Å². The largest absolute Gasteiger partial charge is 0.464 e. The number of hydrogen-bond donors (Lipinski definition) is 0. The second-order valence-corrected chi connectivity index (χ2v) is 13.0. The molecule has 0 spiro atoms. The van der Waals surface area contributed by atoms with Crippen LogP contribution in [0, 0.1) is 29.1 Å². The van der Waals surface area contributed by atoms with Crippen LogP contribution in [0.15, 0.2) is 0 Å². The van der Waals surface area contributed by atoms with Crippen molar-refractivity contribution in [1.29, 1.82) is 0 Å². The Morgan fingerprint density at radius 3 is 1.95 bits per heavy atom. The summed E-state index contributed by atoms with van der Waals surface area (Å²) in [5.74, 6) is 4.12. The fourth-order valence-corrected chi connectivity index (χ4v) is 6.74. The predicted molar refractivity (Wildman–Crippen MR) is 160 cm³/mol. The molecule has 2 saturated carbocycles. The average Bonchev–Trinajstić information content (AvgIpc) is 2.94. The normalized spacial score (nSPS) is 24.6. The van der Waals surface area contributed by atoms with E-state index >= 15 is 0 Å². The molecule has 6 heteroatoms. The van der Waals surface area contributed by atoms with E-state index in [0.29, 0.717) is 18.4 Å². The summed E-state index contributed by atoms with van der Waals surface area (Å²) in [7, 11) is 0. The molecule has 0 N–H and O–H groups in total. The molecule has 0 saturated heterocycles. The minimum Gasteiger partial charge on any atom is -0.464 e. The van der Waals surface area contributed by atoms with Crippen LogP contribution in [0.3, 0.4) is 0 Å². The summed E-state index contributed by atoms with van der Waals surface area (Å²) in [6.07, 6.45) is 16.7. The van der Waals surface area contributed by atoms with Crippen molar-refractivity contribution < 1.29 is 23.2 Å². The topological polar surface area (TPSA) is 61.8 Å². The van der Waals surface area contributed by atoms with Crippen LogP contribution in [0.2, 0.25) is 0 Å². The summed E-state index contributed by atoms with van der Waals surface area (Å²) < 4.78 is 15.8. The first-order chi connectivity index (χ1) is 18.2. The molecule has 0 aromatic heterocycles. The van der Waals surface area contributed by atoms with Gasteiger partial charge in [0, 0.05) is 12.2 Å². The molecule has 0 aromatic rings. The minimum atomic E-state index is -0.200. The lowest BCUT2D eigenvalue weighted by Gasteiger charge is -2.47. The summed E-state index contributed by atoms with van der Waals surface area (Å²) in [6, 6.07) is 0. The summed E-state index contributed by atoms with van der Waals surface area (Å²) in [6.45, 7) is 16.5. The van der Waals surface area contributed by atoms with Gasteiger partial charge in [0.2, 0.25) is 0 Å². The Hall–Kier alpha value is -0.750. The third kappa shape index (κ3) is 13.5. The third-order valence-corrected chi connectivity index (χ3v) is 9.98. The molecule has 2 aliphatic carbocycles. The van der Waals surface area contributed by atoms with E-state index in [1.165, 1.54) is 57.0 Å². The molecule has 38 heavy (non-hydrogen) atoms. The lowest BCUT2D eigenvalue weighted by molar-refractivity contribution is -0.152. The maximum atomic E-state index is 11.7. The predicted octanol–water partition coefficient (Wildman–Crippen LogP) is 9.17. The maximum Gasteiger partial charge on any atom is 0.332 e. The molecule has 0 bridgehead atoms. The molecule has 1 atom stereocenters. The maximum absolute atomic E-state index is 11.7. The Morgan fingerprint density at radius 1 is 0.842 bits per heavy atom. The molecule has 0 aromatic carbocycles. The van der Waals surface area contributed by atoms with Gasteiger partial charge in [-0.15, -0.1) is 0 Å².